The monoisotopic (exact) mass is 472 g/mol. The van der Waals surface area contributed by atoms with E-state index in [1.165, 1.54) is 0 Å². The molecule has 1 saturated carbocycles. The standard InChI is InChI=1S/C27H29N5O3/c1-17(2)25-7-5-8-26(32(25)35)27(34)29-24-14-18-16-31(19-9-11-20(33)12-10-19)30-23(18)15-21(24)22-6-3-4-13-28-22/h3-8,13-17,19-20,33H,9-12H2,1-2H3,(H-,29,34,35)/p+1. The van der Waals surface area contributed by atoms with Crippen molar-refractivity contribution in [3.8, 4) is 11.3 Å². The molecule has 1 aromatic carbocycles. The largest absolute Gasteiger partial charge is 0.393 e. The zero-order valence-corrected chi connectivity index (χ0v) is 19.9. The first-order chi connectivity index (χ1) is 16.9. The van der Waals surface area contributed by atoms with Crippen LogP contribution in [0, 0.1) is 0 Å². The smallest absolute Gasteiger partial charge is 0.325 e. The van der Waals surface area contributed by atoms with Crippen LogP contribution < -0.4 is 10.0 Å². The number of carbonyl (C=O) groups excluding carboxylic acids is 1. The summed E-state index contributed by atoms with van der Waals surface area (Å²) in [6, 6.07) is 14.9. The minimum absolute atomic E-state index is 0.0555. The van der Waals surface area contributed by atoms with Gasteiger partial charge in [0.15, 0.2) is 0 Å². The molecule has 1 amide bonds. The Bertz CT molecular complexity index is 1360. The zero-order valence-electron chi connectivity index (χ0n) is 19.9. The first-order valence-corrected chi connectivity index (χ1v) is 12.1. The van der Waals surface area contributed by atoms with E-state index < -0.39 is 5.91 Å². The number of amides is 1. The lowest BCUT2D eigenvalue weighted by Crippen LogP contribution is -2.43. The van der Waals surface area contributed by atoms with Crippen molar-refractivity contribution in [3.05, 3.63) is 72.3 Å². The number of rotatable bonds is 5. The van der Waals surface area contributed by atoms with E-state index >= 15 is 0 Å². The van der Waals surface area contributed by atoms with Crippen molar-refractivity contribution in [2.75, 3.05) is 5.32 Å². The molecule has 0 bridgehead atoms. The number of fused-ring (bicyclic) bond motifs is 1. The normalized spacial score (nSPS) is 18.2. The third-order valence-electron chi connectivity index (χ3n) is 6.71. The fourth-order valence-electron chi connectivity index (χ4n) is 4.75. The van der Waals surface area contributed by atoms with Crippen LogP contribution in [0.4, 0.5) is 5.69 Å². The molecule has 180 valence electrons. The topological polar surface area (TPSA) is 104 Å². The molecule has 1 fully saturated rings. The summed E-state index contributed by atoms with van der Waals surface area (Å²) in [5.41, 5.74) is 3.67. The number of aromatic nitrogens is 4. The third-order valence-corrected chi connectivity index (χ3v) is 6.71. The number of hydrogen-bond acceptors (Lipinski definition) is 5. The van der Waals surface area contributed by atoms with Gasteiger partial charge in [-0.25, -0.2) is 0 Å². The SMILES string of the molecule is CC(C)c1cccc(C(=O)Nc2cc3cn(C4CCC(O)CC4)nc3cc2-c2ccccn2)[n+]1O. The minimum Gasteiger partial charge on any atom is -0.393 e. The van der Waals surface area contributed by atoms with E-state index in [9.17, 15) is 15.1 Å². The summed E-state index contributed by atoms with van der Waals surface area (Å²) in [6.07, 6.45) is 6.81. The van der Waals surface area contributed by atoms with Gasteiger partial charge < -0.3 is 10.4 Å². The number of anilines is 1. The van der Waals surface area contributed by atoms with Gasteiger partial charge in [0, 0.05) is 46.1 Å². The van der Waals surface area contributed by atoms with Gasteiger partial charge in [0.25, 0.3) is 0 Å². The highest BCUT2D eigenvalue weighted by Crippen LogP contribution is 2.34. The Morgan fingerprint density at radius 3 is 2.63 bits per heavy atom. The number of aliphatic hydroxyl groups excluding tert-OH is 1. The Balaban J connectivity index is 1.54. The number of aliphatic hydroxyl groups is 1. The van der Waals surface area contributed by atoms with Crippen LogP contribution in [-0.2, 0) is 0 Å². The zero-order chi connectivity index (χ0) is 24.5. The summed E-state index contributed by atoms with van der Waals surface area (Å²) < 4.78 is 2.94. The molecule has 8 nitrogen and oxygen atoms in total. The predicted octanol–water partition coefficient (Wildman–Crippen LogP) is 4.47. The molecule has 0 radical (unpaired) electrons. The second-order valence-corrected chi connectivity index (χ2v) is 9.50. The van der Waals surface area contributed by atoms with Gasteiger partial charge in [0.05, 0.1) is 29.0 Å². The molecule has 1 aliphatic rings. The second-order valence-electron chi connectivity index (χ2n) is 9.50. The summed E-state index contributed by atoms with van der Waals surface area (Å²) in [7, 11) is 0. The Labute approximate surface area is 203 Å². The number of nitrogens with one attached hydrogen (secondary N) is 1. The first-order valence-electron chi connectivity index (χ1n) is 12.1. The molecule has 0 spiro atoms. The van der Waals surface area contributed by atoms with Crippen molar-refractivity contribution in [2.45, 2.75) is 57.6 Å². The lowest BCUT2D eigenvalue weighted by molar-refractivity contribution is -0.911. The molecule has 3 aromatic heterocycles. The summed E-state index contributed by atoms with van der Waals surface area (Å²) in [5, 5.41) is 29.2. The van der Waals surface area contributed by atoms with Crippen LogP contribution in [0.2, 0.25) is 0 Å². The van der Waals surface area contributed by atoms with E-state index in [-0.39, 0.29) is 23.8 Å². The van der Waals surface area contributed by atoms with Crippen molar-refractivity contribution in [1.29, 1.82) is 0 Å². The lowest BCUT2D eigenvalue weighted by Gasteiger charge is -2.25. The lowest BCUT2D eigenvalue weighted by atomic mass is 9.93. The van der Waals surface area contributed by atoms with Crippen molar-refractivity contribution >= 4 is 22.5 Å². The highest BCUT2D eigenvalue weighted by Gasteiger charge is 2.27. The van der Waals surface area contributed by atoms with E-state index in [0.29, 0.717) is 17.1 Å². The maximum Gasteiger partial charge on any atom is 0.325 e. The van der Waals surface area contributed by atoms with Crippen LogP contribution in [0.3, 0.4) is 0 Å². The molecule has 0 saturated heterocycles. The molecule has 4 aromatic rings. The average molecular weight is 473 g/mol. The molecular weight excluding hydrogens is 442 g/mol. The van der Waals surface area contributed by atoms with Crippen molar-refractivity contribution in [3.63, 3.8) is 0 Å². The van der Waals surface area contributed by atoms with Gasteiger partial charge in [0.2, 0.25) is 5.69 Å². The quantitative estimate of drug-likeness (QED) is 0.294. The maximum atomic E-state index is 13.3. The molecule has 3 heterocycles. The highest BCUT2D eigenvalue weighted by molar-refractivity contribution is 6.06. The number of nitrogens with zero attached hydrogens (tertiary/aromatic N) is 4. The third kappa shape index (κ3) is 4.61. The molecule has 0 unspecified atom stereocenters. The number of carbonyl (C=O) groups is 1. The van der Waals surface area contributed by atoms with Gasteiger partial charge in [-0.3, -0.25) is 19.7 Å². The van der Waals surface area contributed by atoms with Crippen molar-refractivity contribution in [1.82, 2.24) is 14.8 Å². The van der Waals surface area contributed by atoms with Gasteiger partial charge >= 0.3 is 11.6 Å². The number of hydrogen-bond donors (Lipinski definition) is 3. The van der Waals surface area contributed by atoms with Gasteiger partial charge in [-0.1, -0.05) is 19.9 Å². The Morgan fingerprint density at radius 2 is 1.91 bits per heavy atom. The molecule has 0 aliphatic heterocycles. The molecule has 5 rings (SSSR count). The maximum absolute atomic E-state index is 13.3. The molecule has 8 heteroatoms. The van der Waals surface area contributed by atoms with Crippen LogP contribution in [0.15, 0.2) is 60.9 Å². The Kier molecular flexibility index (Phi) is 6.21. The highest BCUT2D eigenvalue weighted by atomic mass is 16.5. The number of pyridine rings is 2. The first kappa shape index (κ1) is 23.0. The van der Waals surface area contributed by atoms with Crippen LogP contribution in [0.5, 0.6) is 0 Å². The second kappa shape index (κ2) is 9.46. The van der Waals surface area contributed by atoms with Gasteiger partial charge in [-0.15, -0.1) is 0 Å². The molecule has 35 heavy (non-hydrogen) atoms. The van der Waals surface area contributed by atoms with E-state index in [1.807, 2.05) is 55.1 Å². The van der Waals surface area contributed by atoms with E-state index in [1.54, 1.807) is 24.4 Å². The fourth-order valence-corrected chi connectivity index (χ4v) is 4.75. The van der Waals surface area contributed by atoms with Gasteiger partial charge in [-0.05, 0) is 56.0 Å². The van der Waals surface area contributed by atoms with Crippen LogP contribution >= 0.6 is 0 Å². The summed E-state index contributed by atoms with van der Waals surface area (Å²) in [6.45, 7) is 3.92. The predicted molar refractivity (Wildman–Crippen MR) is 132 cm³/mol. The fraction of sp³-hybridized carbons (Fsp3) is 0.333. The van der Waals surface area contributed by atoms with E-state index in [0.717, 1.165) is 46.9 Å². The summed E-state index contributed by atoms with van der Waals surface area (Å²) >= 11 is 0. The summed E-state index contributed by atoms with van der Waals surface area (Å²) in [5.74, 6) is -0.361. The summed E-state index contributed by atoms with van der Waals surface area (Å²) in [4.78, 5) is 17.7. The molecule has 1 aliphatic carbocycles. The van der Waals surface area contributed by atoms with E-state index in [4.69, 9.17) is 5.10 Å². The van der Waals surface area contributed by atoms with Crippen LogP contribution in [-0.4, -0.2) is 37.1 Å². The van der Waals surface area contributed by atoms with Crippen molar-refractivity contribution in [2.24, 2.45) is 0 Å². The molecule has 3 N–H and O–H groups in total. The Morgan fingerprint density at radius 1 is 1.11 bits per heavy atom. The molecular formula is C27H30N5O3+. The Hall–Kier alpha value is -3.78. The minimum atomic E-state index is -0.416. The van der Waals surface area contributed by atoms with Crippen LogP contribution in [0.25, 0.3) is 22.2 Å². The van der Waals surface area contributed by atoms with Gasteiger partial charge in [-0.2, -0.15) is 5.10 Å². The van der Waals surface area contributed by atoms with Gasteiger partial charge in [0.1, 0.15) is 0 Å². The number of benzene rings is 1. The molecule has 0 atom stereocenters. The van der Waals surface area contributed by atoms with Crippen LogP contribution in [0.1, 0.15) is 67.7 Å². The van der Waals surface area contributed by atoms with E-state index in [2.05, 4.69) is 10.3 Å². The average Bonchev–Trinajstić information content (AvgIpc) is 3.27. The van der Waals surface area contributed by atoms with Crippen molar-refractivity contribution < 1.29 is 19.8 Å².